The van der Waals surface area contributed by atoms with E-state index >= 15 is 0 Å². The van der Waals surface area contributed by atoms with E-state index in [-0.39, 0.29) is 12.0 Å². The molecule has 0 aromatic heterocycles. The summed E-state index contributed by atoms with van der Waals surface area (Å²) in [5.74, 6) is -0.0312. The summed E-state index contributed by atoms with van der Waals surface area (Å²) in [7, 11) is 1.85. The summed E-state index contributed by atoms with van der Waals surface area (Å²) >= 11 is 0. The molecule has 0 saturated carbocycles. The Kier molecular flexibility index (Phi) is 8.57. The number of amides is 1. The molecule has 2 N–H and O–H groups in total. The van der Waals surface area contributed by atoms with Crippen molar-refractivity contribution in [1.82, 2.24) is 10.6 Å². The summed E-state index contributed by atoms with van der Waals surface area (Å²) in [5, 5.41) is 5.74. The highest BCUT2D eigenvalue weighted by Crippen LogP contribution is 1.94. The number of likely N-dealkylation sites (N-methyl/N-ethyl adjacent to an activating group) is 1. The Morgan fingerprint density at radius 2 is 2.14 bits per heavy atom. The van der Waals surface area contributed by atoms with Gasteiger partial charge >= 0.3 is 0 Å². The standard InChI is InChI=1S/C10H22N2O2/c1-4-5-8-14-9(2)10(13)12-7-6-11-3/h9,11H,4-8H2,1-3H3,(H,12,13). The predicted octanol–water partition coefficient (Wildman–Crippen LogP) is 0.527. The first-order valence-electron chi connectivity index (χ1n) is 5.26. The number of rotatable bonds is 8. The summed E-state index contributed by atoms with van der Waals surface area (Å²) in [6.07, 6.45) is 1.76. The van der Waals surface area contributed by atoms with Gasteiger partial charge in [-0.15, -0.1) is 0 Å². The maximum atomic E-state index is 11.3. The van der Waals surface area contributed by atoms with Gasteiger partial charge in [-0.25, -0.2) is 0 Å². The van der Waals surface area contributed by atoms with E-state index in [1.807, 2.05) is 7.05 Å². The van der Waals surface area contributed by atoms with Crippen LogP contribution in [0.5, 0.6) is 0 Å². The molecule has 0 saturated heterocycles. The van der Waals surface area contributed by atoms with E-state index in [0.29, 0.717) is 13.2 Å². The predicted molar refractivity (Wildman–Crippen MR) is 57.3 cm³/mol. The van der Waals surface area contributed by atoms with Gasteiger partial charge in [0.2, 0.25) is 5.91 Å². The monoisotopic (exact) mass is 202 g/mol. The third-order valence-electron chi connectivity index (χ3n) is 1.91. The van der Waals surface area contributed by atoms with Crippen LogP contribution < -0.4 is 10.6 Å². The molecule has 0 fully saturated rings. The van der Waals surface area contributed by atoms with Crippen LogP contribution in [0.2, 0.25) is 0 Å². The van der Waals surface area contributed by atoms with Crippen molar-refractivity contribution in [1.29, 1.82) is 0 Å². The van der Waals surface area contributed by atoms with Gasteiger partial charge in [0.05, 0.1) is 0 Å². The molecule has 1 unspecified atom stereocenters. The van der Waals surface area contributed by atoms with E-state index in [4.69, 9.17) is 4.74 Å². The Bertz CT molecular complexity index is 151. The maximum Gasteiger partial charge on any atom is 0.248 e. The molecule has 84 valence electrons. The van der Waals surface area contributed by atoms with Crippen molar-refractivity contribution in [2.45, 2.75) is 32.8 Å². The van der Waals surface area contributed by atoms with E-state index < -0.39 is 0 Å². The average molecular weight is 202 g/mol. The number of hydrogen-bond donors (Lipinski definition) is 2. The van der Waals surface area contributed by atoms with E-state index in [1.165, 1.54) is 0 Å². The summed E-state index contributed by atoms with van der Waals surface area (Å²) in [5.41, 5.74) is 0. The van der Waals surface area contributed by atoms with Crippen molar-refractivity contribution in [3.8, 4) is 0 Å². The Morgan fingerprint density at radius 1 is 1.43 bits per heavy atom. The van der Waals surface area contributed by atoms with E-state index in [2.05, 4.69) is 17.6 Å². The maximum absolute atomic E-state index is 11.3. The fourth-order valence-corrected chi connectivity index (χ4v) is 0.935. The summed E-state index contributed by atoms with van der Waals surface area (Å²) in [4.78, 5) is 11.3. The summed E-state index contributed by atoms with van der Waals surface area (Å²) in [6.45, 7) is 5.98. The fourth-order valence-electron chi connectivity index (χ4n) is 0.935. The first-order chi connectivity index (χ1) is 6.72. The van der Waals surface area contributed by atoms with Crippen LogP contribution in [0.25, 0.3) is 0 Å². The van der Waals surface area contributed by atoms with Crippen LogP contribution in [0.3, 0.4) is 0 Å². The minimum atomic E-state index is -0.335. The fraction of sp³-hybridized carbons (Fsp3) is 0.900. The van der Waals surface area contributed by atoms with Crippen molar-refractivity contribution >= 4 is 5.91 Å². The lowest BCUT2D eigenvalue weighted by Crippen LogP contribution is -2.38. The lowest BCUT2D eigenvalue weighted by atomic mass is 10.3. The zero-order chi connectivity index (χ0) is 10.8. The van der Waals surface area contributed by atoms with Gasteiger partial charge in [-0.1, -0.05) is 13.3 Å². The van der Waals surface area contributed by atoms with Gasteiger partial charge in [-0.3, -0.25) is 4.79 Å². The molecule has 14 heavy (non-hydrogen) atoms. The second-order valence-corrected chi connectivity index (χ2v) is 3.26. The highest BCUT2D eigenvalue weighted by molar-refractivity contribution is 5.80. The van der Waals surface area contributed by atoms with Crippen LogP contribution in [-0.2, 0) is 9.53 Å². The number of unbranched alkanes of at least 4 members (excludes halogenated alkanes) is 1. The van der Waals surface area contributed by atoms with Crippen LogP contribution in [0.15, 0.2) is 0 Å². The molecule has 4 nitrogen and oxygen atoms in total. The molecule has 0 spiro atoms. The number of ether oxygens (including phenoxy) is 1. The highest BCUT2D eigenvalue weighted by Gasteiger charge is 2.11. The van der Waals surface area contributed by atoms with Crippen LogP contribution in [0, 0.1) is 0 Å². The molecule has 0 aliphatic heterocycles. The minimum absolute atomic E-state index is 0.0312. The lowest BCUT2D eigenvalue weighted by Gasteiger charge is -2.12. The molecule has 0 bridgehead atoms. The smallest absolute Gasteiger partial charge is 0.248 e. The molecule has 0 aromatic rings. The van der Waals surface area contributed by atoms with Gasteiger partial charge in [0.1, 0.15) is 6.10 Å². The van der Waals surface area contributed by atoms with E-state index in [0.717, 1.165) is 19.4 Å². The molecule has 0 heterocycles. The minimum Gasteiger partial charge on any atom is -0.369 e. The van der Waals surface area contributed by atoms with E-state index in [1.54, 1.807) is 6.92 Å². The van der Waals surface area contributed by atoms with Crippen LogP contribution in [0.1, 0.15) is 26.7 Å². The van der Waals surface area contributed by atoms with Crippen molar-refractivity contribution in [2.75, 3.05) is 26.7 Å². The Hall–Kier alpha value is -0.610. The van der Waals surface area contributed by atoms with Crippen molar-refractivity contribution in [3.63, 3.8) is 0 Å². The van der Waals surface area contributed by atoms with E-state index in [9.17, 15) is 4.79 Å². The van der Waals surface area contributed by atoms with Gasteiger partial charge < -0.3 is 15.4 Å². The second kappa shape index (κ2) is 8.97. The normalized spacial score (nSPS) is 12.5. The van der Waals surface area contributed by atoms with Crippen molar-refractivity contribution in [3.05, 3.63) is 0 Å². The van der Waals surface area contributed by atoms with Gasteiger partial charge in [0.25, 0.3) is 0 Å². The topological polar surface area (TPSA) is 50.4 Å². The van der Waals surface area contributed by atoms with Crippen LogP contribution in [-0.4, -0.2) is 38.8 Å². The lowest BCUT2D eigenvalue weighted by molar-refractivity contribution is -0.131. The molecular weight excluding hydrogens is 180 g/mol. The number of carbonyl (C=O) groups is 1. The van der Waals surface area contributed by atoms with Gasteiger partial charge in [-0.2, -0.15) is 0 Å². The van der Waals surface area contributed by atoms with Crippen LogP contribution >= 0.6 is 0 Å². The van der Waals surface area contributed by atoms with Crippen LogP contribution in [0.4, 0.5) is 0 Å². The molecule has 0 aromatic carbocycles. The quantitative estimate of drug-likeness (QED) is 0.564. The molecule has 0 rings (SSSR count). The summed E-state index contributed by atoms with van der Waals surface area (Å²) < 4.78 is 5.34. The molecule has 0 aliphatic carbocycles. The zero-order valence-corrected chi connectivity index (χ0v) is 9.43. The van der Waals surface area contributed by atoms with Crippen molar-refractivity contribution in [2.24, 2.45) is 0 Å². The molecule has 0 radical (unpaired) electrons. The third kappa shape index (κ3) is 6.86. The second-order valence-electron chi connectivity index (χ2n) is 3.26. The third-order valence-corrected chi connectivity index (χ3v) is 1.91. The Labute approximate surface area is 86.4 Å². The van der Waals surface area contributed by atoms with Gasteiger partial charge in [0, 0.05) is 19.7 Å². The molecule has 1 amide bonds. The summed E-state index contributed by atoms with van der Waals surface area (Å²) in [6, 6.07) is 0. The van der Waals surface area contributed by atoms with Gasteiger partial charge in [-0.05, 0) is 20.4 Å². The Morgan fingerprint density at radius 3 is 2.71 bits per heavy atom. The average Bonchev–Trinajstić information content (AvgIpc) is 2.18. The largest absolute Gasteiger partial charge is 0.369 e. The first-order valence-corrected chi connectivity index (χ1v) is 5.26. The Balaban J connectivity index is 3.44. The molecular formula is C10H22N2O2. The van der Waals surface area contributed by atoms with Crippen molar-refractivity contribution < 1.29 is 9.53 Å². The van der Waals surface area contributed by atoms with Gasteiger partial charge in [0.15, 0.2) is 0 Å². The number of nitrogens with one attached hydrogen (secondary N) is 2. The highest BCUT2D eigenvalue weighted by atomic mass is 16.5. The number of carbonyl (C=O) groups excluding carboxylic acids is 1. The zero-order valence-electron chi connectivity index (χ0n) is 9.43. The molecule has 1 atom stereocenters. The molecule has 4 heteroatoms. The molecule has 0 aliphatic rings. The number of hydrogen-bond acceptors (Lipinski definition) is 3. The SMILES string of the molecule is CCCCOC(C)C(=O)NCCNC. The first kappa shape index (κ1) is 13.4.